The molecule has 0 radical (unpaired) electrons. The van der Waals surface area contributed by atoms with Crippen molar-refractivity contribution in [1.82, 2.24) is 15.2 Å². The topological polar surface area (TPSA) is 59.2 Å². The van der Waals surface area contributed by atoms with Gasteiger partial charge in [-0.2, -0.15) is 0 Å². The Morgan fingerprint density at radius 3 is 3.18 bits per heavy atom. The molecular weight excluding hydrogens is 238 g/mol. The zero-order valence-electron chi connectivity index (χ0n) is 9.34. The quantitative estimate of drug-likeness (QED) is 0.771. The number of amides is 1. The van der Waals surface area contributed by atoms with Crippen LogP contribution in [0.3, 0.4) is 0 Å². The van der Waals surface area contributed by atoms with Crippen LogP contribution in [0.2, 0.25) is 0 Å². The summed E-state index contributed by atoms with van der Waals surface area (Å²) in [5.74, 6) is -0.0967. The largest absolute Gasteiger partial charge is 0.332 e. The Labute approximate surface area is 102 Å². The fraction of sp³-hybridized carbons (Fsp3) is 0.364. The van der Waals surface area contributed by atoms with E-state index >= 15 is 0 Å². The lowest BCUT2D eigenvalue weighted by molar-refractivity contribution is 0.0724. The van der Waals surface area contributed by atoms with Crippen LogP contribution >= 0.6 is 11.3 Å². The second-order valence-corrected chi connectivity index (χ2v) is 5.04. The second-order valence-electron chi connectivity index (χ2n) is 4.04. The van der Waals surface area contributed by atoms with E-state index in [1.54, 1.807) is 23.2 Å². The van der Waals surface area contributed by atoms with Crippen molar-refractivity contribution in [3.8, 4) is 0 Å². The van der Waals surface area contributed by atoms with E-state index < -0.39 is 0 Å². The van der Waals surface area contributed by atoms with Crippen molar-refractivity contribution in [1.29, 1.82) is 0 Å². The summed E-state index contributed by atoms with van der Waals surface area (Å²) in [4.78, 5) is 15.4. The van der Waals surface area contributed by atoms with Crippen LogP contribution in [0.15, 0.2) is 16.1 Å². The molecule has 0 aromatic carbocycles. The van der Waals surface area contributed by atoms with Gasteiger partial charge in [-0.1, -0.05) is 5.16 Å². The van der Waals surface area contributed by atoms with Crippen molar-refractivity contribution in [2.75, 3.05) is 6.54 Å². The average Bonchev–Trinajstić information content (AvgIpc) is 2.95. The fourth-order valence-electron chi connectivity index (χ4n) is 2.00. The summed E-state index contributed by atoms with van der Waals surface area (Å²) in [7, 11) is 0. The molecule has 17 heavy (non-hydrogen) atoms. The number of fused-ring (bicyclic) bond motifs is 1. The van der Waals surface area contributed by atoms with Crippen LogP contribution in [0.25, 0.3) is 0 Å². The van der Waals surface area contributed by atoms with Crippen molar-refractivity contribution in [2.45, 2.75) is 19.9 Å². The Morgan fingerprint density at radius 1 is 1.53 bits per heavy atom. The third kappa shape index (κ3) is 1.74. The number of hydrogen-bond acceptors (Lipinski definition) is 5. The molecule has 0 atom stereocenters. The number of aryl methyl sites for hydroxylation is 1. The van der Waals surface area contributed by atoms with Gasteiger partial charge in [0.25, 0.3) is 5.91 Å². The molecule has 2 aromatic rings. The molecule has 0 saturated heterocycles. The highest BCUT2D eigenvalue weighted by Gasteiger charge is 2.26. The predicted octanol–water partition coefficient (Wildman–Crippen LogP) is 1.64. The average molecular weight is 249 g/mol. The lowest BCUT2D eigenvalue weighted by Gasteiger charge is -2.26. The van der Waals surface area contributed by atoms with E-state index in [1.165, 1.54) is 10.4 Å². The van der Waals surface area contributed by atoms with Crippen molar-refractivity contribution >= 4 is 17.2 Å². The van der Waals surface area contributed by atoms with Gasteiger partial charge in [0.15, 0.2) is 5.69 Å². The Morgan fingerprint density at radius 2 is 2.41 bits per heavy atom. The predicted molar refractivity (Wildman–Crippen MR) is 61.8 cm³/mol. The number of carbonyl (C=O) groups is 1. The smallest absolute Gasteiger partial charge is 0.278 e. The van der Waals surface area contributed by atoms with Gasteiger partial charge in [-0.05, 0) is 35.5 Å². The van der Waals surface area contributed by atoms with Gasteiger partial charge in [0.2, 0.25) is 0 Å². The van der Waals surface area contributed by atoms with E-state index in [0.29, 0.717) is 17.9 Å². The van der Waals surface area contributed by atoms with Gasteiger partial charge in [-0.3, -0.25) is 4.79 Å². The van der Waals surface area contributed by atoms with Gasteiger partial charge < -0.3 is 4.90 Å². The lowest BCUT2D eigenvalue weighted by atomic mass is 10.1. The number of thiophene rings is 1. The van der Waals surface area contributed by atoms with Gasteiger partial charge in [0, 0.05) is 18.0 Å². The van der Waals surface area contributed by atoms with Gasteiger partial charge in [0.1, 0.15) is 5.69 Å². The van der Waals surface area contributed by atoms with E-state index in [4.69, 9.17) is 0 Å². The highest BCUT2D eigenvalue weighted by atomic mass is 32.1. The zero-order chi connectivity index (χ0) is 11.8. The third-order valence-electron chi connectivity index (χ3n) is 2.95. The summed E-state index contributed by atoms with van der Waals surface area (Å²) in [6.45, 7) is 3.12. The normalized spacial score (nSPS) is 14.8. The Kier molecular flexibility index (Phi) is 2.44. The van der Waals surface area contributed by atoms with Crippen LogP contribution in [-0.2, 0) is 13.0 Å². The van der Waals surface area contributed by atoms with Gasteiger partial charge >= 0.3 is 0 Å². The van der Waals surface area contributed by atoms with Crippen LogP contribution in [0, 0.1) is 6.92 Å². The summed E-state index contributed by atoms with van der Waals surface area (Å²) in [5, 5.41) is 9.37. The van der Waals surface area contributed by atoms with Gasteiger partial charge in [0.05, 0.1) is 0 Å². The lowest BCUT2D eigenvalue weighted by Crippen LogP contribution is -2.35. The molecule has 0 spiro atoms. The summed E-state index contributed by atoms with van der Waals surface area (Å²) in [5.41, 5.74) is 2.11. The van der Waals surface area contributed by atoms with Crippen LogP contribution in [0.1, 0.15) is 26.6 Å². The van der Waals surface area contributed by atoms with Crippen molar-refractivity contribution in [3.05, 3.63) is 33.3 Å². The minimum Gasteiger partial charge on any atom is -0.332 e. The second kappa shape index (κ2) is 3.96. The Balaban J connectivity index is 1.84. The van der Waals surface area contributed by atoms with Crippen molar-refractivity contribution in [2.24, 2.45) is 0 Å². The maximum atomic E-state index is 12.2. The molecule has 3 rings (SSSR count). The molecule has 2 aromatic heterocycles. The molecule has 0 saturated carbocycles. The highest BCUT2D eigenvalue weighted by molar-refractivity contribution is 7.10. The number of nitrogens with zero attached hydrogens (tertiary/aromatic N) is 3. The Hall–Kier alpha value is -1.69. The molecule has 1 aliphatic heterocycles. The molecule has 1 amide bonds. The summed E-state index contributed by atoms with van der Waals surface area (Å²) >= 11 is 1.76. The maximum Gasteiger partial charge on any atom is 0.278 e. The maximum absolute atomic E-state index is 12.2. The summed E-state index contributed by atoms with van der Waals surface area (Å²) in [6.07, 6.45) is 0.920. The van der Waals surface area contributed by atoms with Crippen molar-refractivity contribution in [3.63, 3.8) is 0 Å². The summed E-state index contributed by atoms with van der Waals surface area (Å²) in [6, 6.07) is 2.08. The summed E-state index contributed by atoms with van der Waals surface area (Å²) < 4.78 is 4.57. The Bertz CT molecular complexity index is 561. The molecule has 6 heteroatoms. The molecule has 3 heterocycles. The highest BCUT2D eigenvalue weighted by Crippen LogP contribution is 2.24. The third-order valence-corrected chi connectivity index (χ3v) is 3.97. The van der Waals surface area contributed by atoms with E-state index in [-0.39, 0.29) is 5.91 Å². The molecule has 0 aliphatic carbocycles. The molecule has 0 N–H and O–H groups in total. The van der Waals surface area contributed by atoms with Crippen LogP contribution in [0.5, 0.6) is 0 Å². The first-order valence-corrected chi connectivity index (χ1v) is 6.27. The molecule has 1 aliphatic rings. The minimum absolute atomic E-state index is 0.0967. The number of carbonyl (C=O) groups excluding carboxylic acids is 1. The zero-order valence-corrected chi connectivity index (χ0v) is 10.2. The van der Waals surface area contributed by atoms with Crippen molar-refractivity contribution < 1.29 is 9.42 Å². The first kappa shape index (κ1) is 10.5. The first-order chi connectivity index (χ1) is 8.25. The first-order valence-electron chi connectivity index (χ1n) is 5.39. The number of aromatic nitrogens is 2. The van der Waals surface area contributed by atoms with Crippen LogP contribution in [0.4, 0.5) is 0 Å². The van der Waals surface area contributed by atoms with Crippen LogP contribution < -0.4 is 0 Å². The minimum atomic E-state index is -0.0967. The standard InChI is InChI=1S/C11H11N3O2S/c1-7-10(13-16-12-7)11(15)14-4-2-9-8(6-14)3-5-17-9/h3,5H,2,4,6H2,1H3. The van der Waals surface area contributed by atoms with E-state index in [1.807, 2.05) is 0 Å². The fourth-order valence-corrected chi connectivity index (χ4v) is 2.89. The van der Waals surface area contributed by atoms with E-state index in [9.17, 15) is 4.79 Å². The SMILES string of the molecule is Cc1nonc1C(=O)N1CCc2sccc2C1. The molecular formula is C11H11N3O2S. The van der Waals surface area contributed by atoms with Crippen LogP contribution in [-0.4, -0.2) is 27.7 Å². The van der Waals surface area contributed by atoms with E-state index in [0.717, 1.165) is 13.0 Å². The molecule has 5 nitrogen and oxygen atoms in total. The molecule has 0 fully saturated rings. The number of rotatable bonds is 1. The van der Waals surface area contributed by atoms with E-state index in [2.05, 4.69) is 26.4 Å². The molecule has 0 unspecified atom stereocenters. The van der Waals surface area contributed by atoms with Gasteiger partial charge in [-0.25, -0.2) is 4.63 Å². The number of hydrogen-bond donors (Lipinski definition) is 0. The molecule has 0 bridgehead atoms. The monoisotopic (exact) mass is 249 g/mol. The molecule has 88 valence electrons. The van der Waals surface area contributed by atoms with Gasteiger partial charge in [-0.15, -0.1) is 11.3 Å².